The van der Waals surface area contributed by atoms with Crippen LogP contribution in [0.1, 0.15) is 25.7 Å². The predicted molar refractivity (Wildman–Crippen MR) is 87.8 cm³/mol. The van der Waals surface area contributed by atoms with Gasteiger partial charge in [0.1, 0.15) is 0 Å². The van der Waals surface area contributed by atoms with Crippen molar-refractivity contribution in [3.8, 4) is 0 Å². The van der Waals surface area contributed by atoms with Gasteiger partial charge in [0.15, 0.2) is 0 Å². The number of hydrogen-bond donors (Lipinski definition) is 6. The second kappa shape index (κ2) is 38.6. The van der Waals surface area contributed by atoms with Gasteiger partial charge in [-0.25, -0.2) is 55.9 Å². The Morgan fingerprint density at radius 2 is 0.750 bits per heavy atom. The fraction of sp³-hybridized carbons (Fsp3) is 0.857. The summed E-state index contributed by atoms with van der Waals surface area (Å²) in [5.41, 5.74) is 17.3. The van der Waals surface area contributed by atoms with E-state index in [0.717, 1.165) is 52.1 Å². The van der Waals surface area contributed by atoms with Crippen LogP contribution in [0.2, 0.25) is 0 Å². The molecule has 0 aromatic carbocycles. The van der Waals surface area contributed by atoms with Crippen molar-refractivity contribution in [1.29, 1.82) is 0 Å². The first-order valence-corrected chi connectivity index (χ1v) is 13.8. The predicted octanol–water partition coefficient (Wildman–Crippen LogP) is -20.7. The number of carbonyl (C=O) groups excluding carboxylic acids is 2. The topological polar surface area (TPSA) is 488 Å². The van der Waals surface area contributed by atoms with Crippen LogP contribution in [0.25, 0.3) is 0 Å². The van der Waals surface area contributed by atoms with Crippen molar-refractivity contribution in [2.75, 3.05) is 52.4 Å². The summed E-state index contributed by atoms with van der Waals surface area (Å²) < 4.78 is 102. The molecule has 40 heavy (non-hydrogen) atoms. The summed E-state index contributed by atoms with van der Waals surface area (Å²) in [6, 6.07) is 0. The molecule has 0 aliphatic rings. The second-order valence-corrected chi connectivity index (χ2v) is 8.14. The van der Waals surface area contributed by atoms with Crippen LogP contribution in [0.4, 0.5) is 0 Å². The molecule has 0 bridgehead atoms. The Morgan fingerprint density at radius 1 is 0.550 bits per heavy atom. The van der Waals surface area contributed by atoms with Gasteiger partial charge >= 0.3 is 16.8 Å². The molecular weight excluding hydrogens is 673 g/mol. The molecule has 0 aromatic rings. The molecule has 0 radical (unpaired) electrons. The number of nitrogens with one attached hydrogen (secondary N) is 2. The normalized spacial score (nSPS) is 10.1. The number of hydrogen-bond acceptors (Lipinski definition) is 20. The minimum absolute atomic E-state index is 0. The summed E-state index contributed by atoms with van der Waals surface area (Å²) in [4.78, 5) is 18.9. The summed E-state index contributed by atoms with van der Waals surface area (Å²) in [5, 5.41) is 25.5. The van der Waals surface area contributed by atoms with Gasteiger partial charge < -0.3 is 53.4 Å². The van der Waals surface area contributed by atoms with Crippen LogP contribution in [-0.4, -0.2) is 64.3 Å². The molecule has 0 rings (SSSR count). The van der Waals surface area contributed by atoms with Gasteiger partial charge in [0.2, 0.25) is 0 Å². The zero-order valence-corrected chi connectivity index (χ0v) is 24.4. The van der Waals surface area contributed by atoms with Crippen molar-refractivity contribution in [1.82, 2.24) is 10.6 Å². The monoisotopic (exact) mass is 708 g/mol. The summed E-state index contributed by atoms with van der Waals surface area (Å²) >= 11 is 0. The van der Waals surface area contributed by atoms with E-state index in [4.69, 9.17) is 67.4 Å². The molecule has 12 N–H and O–H groups in total. The molecule has 0 spiro atoms. The molecule has 0 aliphatic heterocycles. The van der Waals surface area contributed by atoms with Crippen LogP contribution in [0.15, 0.2) is 0 Å². The van der Waals surface area contributed by atoms with E-state index in [1.54, 1.807) is 0 Å². The molecule has 248 valence electrons. The van der Waals surface area contributed by atoms with Crippen molar-refractivity contribution in [2.45, 2.75) is 25.7 Å². The zero-order valence-electron chi connectivity index (χ0n) is 21.1. The maximum atomic E-state index is 9.45. The molecule has 0 saturated carbocycles. The molecule has 0 saturated heterocycles. The van der Waals surface area contributed by atoms with Crippen LogP contribution in [-0.2, 0) is 26.4 Å². The molecule has 0 unspecified atom stereocenters. The van der Waals surface area contributed by atoms with E-state index in [-0.39, 0.29) is 29.6 Å². The Bertz CT molecular complexity index is 447. The number of quaternary nitrogens is 2. The Balaban J connectivity index is -0.0000000680. The fourth-order valence-electron chi connectivity index (χ4n) is 1.17. The fourth-order valence-corrected chi connectivity index (χ4v) is 1.17. The molecule has 0 heterocycles. The van der Waals surface area contributed by atoms with Crippen molar-refractivity contribution in [2.24, 2.45) is 11.5 Å². The third-order valence-electron chi connectivity index (χ3n) is 2.36. The average Bonchev–Trinajstić information content (AvgIpc) is 2.67. The van der Waals surface area contributed by atoms with Crippen molar-refractivity contribution < 1.29 is 135 Å². The van der Waals surface area contributed by atoms with Crippen molar-refractivity contribution in [3.05, 3.63) is 0 Å². The summed E-state index contributed by atoms with van der Waals surface area (Å²) in [6.07, 6.45) is 2.26. The summed E-state index contributed by atoms with van der Waals surface area (Å²) in [6.45, 7) is 6.46. The van der Waals surface area contributed by atoms with Crippen LogP contribution < -0.4 is 99.7 Å². The van der Waals surface area contributed by atoms with Crippen LogP contribution in [0, 0.1) is 30.7 Å². The van der Waals surface area contributed by atoms with Crippen molar-refractivity contribution >= 4 is 11.9 Å². The van der Waals surface area contributed by atoms with E-state index in [2.05, 4.69) is 22.1 Å². The Hall–Kier alpha value is -0.404. The van der Waals surface area contributed by atoms with Crippen LogP contribution >= 0.6 is 0 Å². The van der Waals surface area contributed by atoms with Gasteiger partial charge in [-0.1, -0.05) is 0 Å². The van der Waals surface area contributed by atoms with E-state index < -0.39 is 42.7 Å². The first-order chi connectivity index (χ1) is 17.5. The van der Waals surface area contributed by atoms with E-state index in [9.17, 15) is 19.8 Å². The summed E-state index contributed by atoms with van der Waals surface area (Å²) in [5.74, 6) is -2.05. The standard InChI is InChI=1S/C8H22N4.2C3H7NO2.3ClHO4.Co/c9-3-1-5-11-7-8-12-6-2-4-10;2*4-2-1-3(5)6;3*2-1(3,4)5;/h11-12H,1-10H2;2*1-2,4H2,(H,5,6);3*(H,2,3,4,5);/q;;;;;;+3/p-3. The van der Waals surface area contributed by atoms with Crippen molar-refractivity contribution in [3.63, 3.8) is 0 Å². The molecule has 0 aliphatic carbocycles. The molecular formula is C14H36Cl3CoN6O16. The first-order valence-electron chi connectivity index (χ1n) is 10.1. The minimum Gasteiger partial charge on any atom is -0.550 e. The molecule has 0 amide bonds. The van der Waals surface area contributed by atoms with Gasteiger partial charge in [-0.2, -0.15) is 0 Å². The maximum absolute atomic E-state index is 9.45. The van der Waals surface area contributed by atoms with Crippen LogP contribution in [0.5, 0.6) is 0 Å². The number of carboxylic acid groups (broad SMARTS) is 2. The number of rotatable bonds is 13. The largest absolute Gasteiger partial charge is 3.00 e. The molecule has 22 nitrogen and oxygen atoms in total. The third-order valence-corrected chi connectivity index (χ3v) is 2.36. The second-order valence-electron chi connectivity index (χ2n) is 5.87. The SMILES string of the molecule is NCCCNCCNCCCN.[Co+3].[NH3+]CCC(=O)[O-].[NH3+]CCC(=O)[O-].[O-][Cl+3]([O-])([O-])[O-].[O-][Cl+3]([O-])([O-])[O-].[O-][Cl+3]([O-])([O-])[O-]. The number of aliphatic carboxylic acids is 2. The molecule has 0 atom stereocenters. The number of nitrogens with two attached hydrogens (primary N) is 2. The molecule has 0 aromatic heterocycles. The van der Waals surface area contributed by atoms with E-state index in [1.807, 2.05) is 0 Å². The third kappa shape index (κ3) is 236. The van der Waals surface area contributed by atoms with Gasteiger partial charge in [-0.15, -0.1) is 30.7 Å². The quantitative estimate of drug-likeness (QED) is 0.0966. The van der Waals surface area contributed by atoms with E-state index in [1.165, 1.54) is 0 Å². The van der Waals surface area contributed by atoms with Gasteiger partial charge in [-0.3, -0.25) is 0 Å². The maximum Gasteiger partial charge on any atom is 3.00 e. The number of halogens is 3. The number of carboxylic acids is 2. The Kier molecular flexibility index (Phi) is 53.6. The van der Waals surface area contributed by atoms with Gasteiger partial charge in [-0.05, 0) is 39.0 Å². The zero-order chi connectivity index (χ0) is 32.6. The average molecular weight is 710 g/mol. The Labute approximate surface area is 246 Å². The van der Waals surface area contributed by atoms with Gasteiger partial charge in [0, 0.05) is 37.9 Å². The van der Waals surface area contributed by atoms with Gasteiger partial charge in [0.05, 0.1) is 13.1 Å². The van der Waals surface area contributed by atoms with Crippen LogP contribution in [0.3, 0.4) is 0 Å². The molecule has 26 heteroatoms. The molecule has 0 fully saturated rings. The minimum atomic E-state index is -4.94. The van der Waals surface area contributed by atoms with Gasteiger partial charge in [0.25, 0.3) is 0 Å². The first kappa shape index (κ1) is 55.5. The van der Waals surface area contributed by atoms with E-state index >= 15 is 0 Å². The smallest absolute Gasteiger partial charge is 0.550 e. The van der Waals surface area contributed by atoms with E-state index in [0.29, 0.717) is 13.1 Å². The number of carbonyl (C=O) groups is 2. The summed E-state index contributed by atoms with van der Waals surface area (Å²) in [7, 11) is -14.8. The Morgan fingerprint density at radius 3 is 0.850 bits per heavy atom.